The van der Waals surface area contributed by atoms with Crippen LogP contribution in [0.25, 0.3) is 22.0 Å². The van der Waals surface area contributed by atoms with Crippen molar-refractivity contribution in [2.75, 3.05) is 0 Å². The van der Waals surface area contributed by atoms with Crippen molar-refractivity contribution in [3.05, 3.63) is 89.2 Å². The Morgan fingerprint density at radius 2 is 1.62 bits per heavy atom. The lowest BCUT2D eigenvalue weighted by molar-refractivity contribution is -0.142. The van der Waals surface area contributed by atoms with Gasteiger partial charge in [0.05, 0.1) is 4.88 Å². The van der Waals surface area contributed by atoms with Crippen LogP contribution < -0.4 is 0 Å². The van der Waals surface area contributed by atoms with Crippen LogP contribution in [-0.2, 0) is 17.8 Å². The minimum absolute atomic E-state index is 0.219. The van der Waals surface area contributed by atoms with E-state index < -0.39 is 17.9 Å². The van der Waals surface area contributed by atoms with Gasteiger partial charge in [0.15, 0.2) is 10.8 Å². The molecule has 0 saturated heterocycles. The first-order valence-corrected chi connectivity index (χ1v) is 10.9. The summed E-state index contributed by atoms with van der Waals surface area (Å²) in [7, 11) is 0. The lowest BCUT2D eigenvalue weighted by atomic mass is 9.94. The average molecular weight is 443 g/mol. The second-order valence-electron chi connectivity index (χ2n) is 7.40. The fraction of sp³-hybridized carbons (Fsp3) is 0.125. The third-order valence-corrected chi connectivity index (χ3v) is 6.51. The number of thiazole rings is 1. The summed E-state index contributed by atoms with van der Waals surface area (Å²) in [5.74, 6) is -1.02. The van der Waals surface area contributed by atoms with Gasteiger partial charge < -0.3 is 10.0 Å². The molecule has 5 rings (SSSR count). The number of hydrogen-bond donors (Lipinski definition) is 1. The van der Waals surface area contributed by atoms with Crippen molar-refractivity contribution in [1.82, 2.24) is 19.9 Å². The van der Waals surface area contributed by atoms with Crippen LogP contribution in [-0.4, -0.2) is 42.9 Å². The maximum atomic E-state index is 13.5. The lowest BCUT2D eigenvalue weighted by Gasteiger charge is -2.33. The van der Waals surface area contributed by atoms with Crippen LogP contribution in [0.1, 0.15) is 20.9 Å². The predicted molar refractivity (Wildman–Crippen MR) is 120 cm³/mol. The molecule has 158 valence electrons. The van der Waals surface area contributed by atoms with Crippen LogP contribution in [0.2, 0.25) is 0 Å². The molecule has 0 aliphatic carbocycles. The molecule has 7 nitrogen and oxygen atoms in total. The highest BCUT2D eigenvalue weighted by Crippen LogP contribution is 2.36. The molecule has 32 heavy (non-hydrogen) atoms. The second-order valence-corrected chi connectivity index (χ2v) is 8.39. The fourth-order valence-electron chi connectivity index (χ4n) is 3.85. The Balaban J connectivity index is 1.58. The Morgan fingerprint density at radius 3 is 2.34 bits per heavy atom. The summed E-state index contributed by atoms with van der Waals surface area (Å²) in [5, 5.41) is 10.0. The summed E-state index contributed by atoms with van der Waals surface area (Å²) in [6.45, 7) is 0.226. The van der Waals surface area contributed by atoms with Crippen molar-refractivity contribution in [3.8, 4) is 22.0 Å². The summed E-state index contributed by atoms with van der Waals surface area (Å²) in [4.78, 5) is 40.9. The normalized spacial score (nSPS) is 15.2. The summed E-state index contributed by atoms with van der Waals surface area (Å²) in [6, 6.07) is 18.0. The lowest BCUT2D eigenvalue weighted by Crippen LogP contribution is -2.48. The Labute approximate surface area is 188 Å². The molecule has 2 aromatic carbocycles. The molecule has 1 amide bonds. The molecule has 2 aromatic heterocycles. The molecule has 1 atom stereocenters. The molecule has 0 radical (unpaired) electrons. The van der Waals surface area contributed by atoms with Crippen LogP contribution in [0.5, 0.6) is 0 Å². The number of amides is 1. The molecule has 1 aliphatic rings. The van der Waals surface area contributed by atoms with E-state index in [4.69, 9.17) is 0 Å². The topological polar surface area (TPSA) is 96.3 Å². The van der Waals surface area contributed by atoms with Crippen LogP contribution in [0, 0.1) is 0 Å². The molecule has 1 aliphatic heterocycles. The molecule has 0 saturated carbocycles. The van der Waals surface area contributed by atoms with Crippen molar-refractivity contribution < 1.29 is 14.7 Å². The summed E-state index contributed by atoms with van der Waals surface area (Å²) < 4.78 is 0. The number of hydrogen-bond acceptors (Lipinski definition) is 6. The van der Waals surface area contributed by atoms with Gasteiger partial charge in [0.25, 0.3) is 5.91 Å². The van der Waals surface area contributed by atoms with Crippen molar-refractivity contribution in [3.63, 3.8) is 0 Å². The SMILES string of the molecule is O=C(O)[C@@H]1Cc2ccccc2CN1C(=O)c1nc(-c2ncccn2)c(-c2ccccc2)s1. The van der Waals surface area contributed by atoms with E-state index in [0.29, 0.717) is 11.5 Å². The van der Waals surface area contributed by atoms with Gasteiger partial charge >= 0.3 is 5.97 Å². The van der Waals surface area contributed by atoms with Gasteiger partial charge in [-0.3, -0.25) is 4.79 Å². The fourth-order valence-corrected chi connectivity index (χ4v) is 4.87. The molecule has 3 heterocycles. The van der Waals surface area contributed by atoms with Gasteiger partial charge in [0.2, 0.25) is 0 Å². The first kappa shape index (κ1) is 20.0. The summed E-state index contributed by atoms with van der Waals surface area (Å²) in [6.07, 6.45) is 3.52. The number of carboxylic acid groups (broad SMARTS) is 1. The van der Waals surface area contributed by atoms with Gasteiger partial charge in [-0.2, -0.15) is 0 Å². The zero-order valence-corrected chi connectivity index (χ0v) is 17.7. The summed E-state index contributed by atoms with van der Waals surface area (Å²) >= 11 is 1.23. The first-order chi connectivity index (χ1) is 15.6. The molecule has 8 heteroatoms. The molecule has 0 spiro atoms. The van der Waals surface area contributed by atoms with Gasteiger partial charge in [-0.25, -0.2) is 19.7 Å². The molecular weight excluding hydrogens is 424 g/mol. The minimum atomic E-state index is -1.03. The molecule has 1 N–H and O–H groups in total. The first-order valence-electron chi connectivity index (χ1n) is 10.1. The van der Waals surface area contributed by atoms with E-state index >= 15 is 0 Å². The van der Waals surface area contributed by atoms with Crippen molar-refractivity contribution in [2.45, 2.75) is 19.0 Å². The zero-order valence-electron chi connectivity index (χ0n) is 16.9. The number of carboxylic acids is 1. The van der Waals surface area contributed by atoms with E-state index in [1.165, 1.54) is 16.2 Å². The van der Waals surface area contributed by atoms with Gasteiger partial charge in [-0.15, -0.1) is 11.3 Å². The van der Waals surface area contributed by atoms with Crippen molar-refractivity contribution in [2.24, 2.45) is 0 Å². The molecule has 0 bridgehead atoms. The smallest absolute Gasteiger partial charge is 0.326 e. The highest BCUT2D eigenvalue weighted by molar-refractivity contribution is 7.17. The van der Waals surface area contributed by atoms with Crippen LogP contribution in [0.4, 0.5) is 0 Å². The van der Waals surface area contributed by atoms with Crippen LogP contribution in [0.3, 0.4) is 0 Å². The number of carbonyl (C=O) groups is 2. The number of benzene rings is 2. The van der Waals surface area contributed by atoms with Gasteiger partial charge in [0, 0.05) is 25.4 Å². The average Bonchev–Trinajstić information content (AvgIpc) is 3.29. The van der Waals surface area contributed by atoms with E-state index in [2.05, 4.69) is 15.0 Å². The number of aliphatic carboxylic acids is 1. The maximum absolute atomic E-state index is 13.5. The third-order valence-electron chi connectivity index (χ3n) is 5.42. The van der Waals surface area contributed by atoms with E-state index in [0.717, 1.165) is 21.6 Å². The van der Waals surface area contributed by atoms with Gasteiger partial charge in [0.1, 0.15) is 11.7 Å². The number of rotatable bonds is 4. The van der Waals surface area contributed by atoms with E-state index in [-0.39, 0.29) is 18.0 Å². The quantitative estimate of drug-likeness (QED) is 0.515. The monoisotopic (exact) mass is 442 g/mol. The minimum Gasteiger partial charge on any atom is -0.480 e. The van der Waals surface area contributed by atoms with Crippen LogP contribution in [0.15, 0.2) is 73.1 Å². The number of nitrogens with zero attached hydrogens (tertiary/aromatic N) is 4. The van der Waals surface area contributed by atoms with Gasteiger partial charge in [-0.05, 0) is 22.8 Å². The predicted octanol–water partition coefficient (Wildman–Crippen LogP) is 3.92. The largest absolute Gasteiger partial charge is 0.480 e. The van der Waals surface area contributed by atoms with Gasteiger partial charge in [-0.1, -0.05) is 54.6 Å². The Hall–Kier alpha value is -3.91. The molecule has 4 aromatic rings. The van der Waals surface area contributed by atoms with E-state index in [9.17, 15) is 14.7 Å². The molecule has 0 unspecified atom stereocenters. The Bertz CT molecular complexity index is 1230. The number of fused-ring (bicyclic) bond motifs is 1. The highest BCUT2D eigenvalue weighted by Gasteiger charge is 2.36. The zero-order chi connectivity index (χ0) is 22.1. The third kappa shape index (κ3) is 3.65. The Kier molecular flexibility index (Phi) is 5.20. The highest BCUT2D eigenvalue weighted by atomic mass is 32.1. The second kappa shape index (κ2) is 8.32. The van der Waals surface area contributed by atoms with E-state index in [1.54, 1.807) is 18.5 Å². The van der Waals surface area contributed by atoms with Crippen molar-refractivity contribution in [1.29, 1.82) is 0 Å². The van der Waals surface area contributed by atoms with Crippen molar-refractivity contribution >= 4 is 23.2 Å². The standard InChI is InChI=1S/C24H18N4O3S/c29-23(28-14-17-10-5-4-9-16(17)13-18(28)24(30)31)22-27-19(21-25-11-6-12-26-21)20(32-22)15-7-2-1-3-8-15/h1-12,18H,13-14H2,(H,30,31)/t18-/m0/s1. The Morgan fingerprint density at radius 1 is 0.938 bits per heavy atom. The maximum Gasteiger partial charge on any atom is 0.326 e. The number of carbonyl (C=O) groups excluding carboxylic acids is 1. The molecular formula is C24H18N4O3S. The van der Waals surface area contributed by atoms with Crippen LogP contribution >= 0.6 is 11.3 Å². The molecule has 0 fully saturated rings. The van der Waals surface area contributed by atoms with E-state index in [1.807, 2.05) is 54.6 Å². The number of aromatic nitrogens is 3. The summed E-state index contributed by atoms with van der Waals surface area (Å²) in [5.41, 5.74) is 3.30.